The number of rotatable bonds is 2. The summed E-state index contributed by atoms with van der Waals surface area (Å²) >= 11 is 15.8. The summed E-state index contributed by atoms with van der Waals surface area (Å²) in [5.41, 5.74) is 0.949. The van der Waals surface area contributed by atoms with Crippen molar-refractivity contribution < 1.29 is 0 Å². The molecule has 1 nitrogen and oxygen atoms in total. The first kappa shape index (κ1) is 14.5. The van der Waals surface area contributed by atoms with E-state index in [-0.39, 0.29) is 0 Å². The maximum atomic E-state index is 6.26. The minimum atomic E-state index is 0.518. The molecule has 0 aliphatic heterocycles. The Bertz CT molecular complexity index is 423. The zero-order valence-electron chi connectivity index (χ0n) is 10.5. The van der Waals surface area contributed by atoms with Gasteiger partial charge in [-0.15, -0.1) is 0 Å². The van der Waals surface area contributed by atoms with Crippen LogP contribution in [0.1, 0.15) is 39.0 Å². The third-order valence-electron chi connectivity index (χ3n) is 3.65. The molecular formula is C14H18BrCl2N. The average Bonchev–Trinajstić information content (AvgIpc) is 2.55. The van der Waals surface area contributed by atoms with Gasteiger partial charge in [0.25, 0.3) is 0 Å². The summed E-state index contributed by atoms with van der Waals surface area (Å²) in [6, 6.07) is 4.45. The molecule has 1 N–H and O–H groups in total. The monoisotopic (exact) mass is 349 g/mol. The van der Waals surface area contributed by atoms with Gasteiger partial charge in [0.1, 0.15) is 0 Å². The molecule has 0 saturated heterocycles. The molecule has 0 bridgehead atoms. The number of hydrogen-bond acceptors (Lipinski definition) is 1. The number of benzene rings is 1. The molecule has 100 valence electrons. The highest BCUT2D eigenvalue weighted by Crippen LogP contribution is 2.37. The van der Waals surface area contributed by atoms with Gasteiger partial charge in [0.2, 0.25) is 0 Å². The molecule has 0 amide bonds. The van der Waals surface area contributed by atoms with Crippen LogP contribution < -0.4 is 5.32 Å². The second-order valence-corrected chi connectivity index (χ2v) is 6.79. The van der Waals surface area contributed by atoms with Crippen molar-refractivity contribution in [1.82, 2.24) is 0 Å². The first-order valence-corrected chi connectivity index (χ1v) is 8.03. The molecule has 1 aliphatic rings. The van der Waals surface area contributed by atoms with Crippen molar-refractivity contribution >= 4 is 44.8 Å². The van der Waals surface area contributed by atoms with Gasteiger partial charge in [0.05, 0.1) is 15.7 Å². The Morgan fingerprint density at radius 3 is 2.67 bits per heavy atom. The van der Waals surface area contributed by atoms with Crippen LogP contribution in [0.4, 0.5) is 5.69 Å². The van der Waals surface area contributed by atoms with Crippen LogP contribution in [-0.4, -0.2) is 6.04 Å². The predicted octanol–water partition coefficient (Wildman–Crippen LogP) is 6.14. The maximum absolute atomic E-state index is 6.26. The number of anilines is 1. The summed E-state index contributed by atoms with van der Waals surface area (Å²) in [4.78, 5) is 0. The predicted molar refractivity (Wildman–Crippen MR) is 83.8 cm³/mol. The van der Waals surface area contributed by atoms with Crippen LogP contribution in [0, 0.1) is 5.92 Å². The van der Waals surface area contributed by atoms with Crippen molar-refractivity contribution in [3.05, 3.63) is 26.7 Å². The lowest BCUT2D eigenvalue weighted by Crippen LogP contribution is -2.18. The van der Waals surface area contributed by atoms with Gasteiger partial charge in [0, 0.05) is 10.5 Å². The summed E-state index contributed by atoms with van der Waals surface area (Å²) in [6.07, 6.45) is 6.35. The highest BCUT2D eigenvalue weighted by Gasteiger charge is 2.17. The smallest absolute Gasteiger partial charge is 0.0835 e. The maximum Gasteiger partial charge on any atom is 0.0835 e. The van der Waals surface area contributed by atoms with E-state index in [4.69, 9.17) is 23.2 Å². The molecule has 1 aliphatic carbocycles. The van der Waals surface area contributed by atoms with E-state index in [0.717, 1.165) is 16.1 Å². The molecule has 2 unspecified atom stereocenters. The van der Waals surface area contributed by atoms with Crippen molar-refractivity contribution in [2.75, 3.05) is 5.32 Å². The van der Waals surface area contributed by atoms with Gasteiger partial charge >= 0.3 is 0 Å². The lowest BCUT2D eigenvalue weighted by molar-refractivity contribution is 0.502. The Labute approximate surface area is 127 Å². The molecule has 0 heterocycles. The number of nitrogens with one attached hydrogen (secondary N) is 1. The first-order chi connectivity index (χ1) is 8.58. The molecule has 18 heavy (non-hydrogen) atoms. The Morgan fingerprint density at radius 1 is 1.11 bits per heavy atom. The second kappa shape index (κ2) is 6.49. The van der Waals surface area contributed by atoms with Gasteiger partial charge in [-0.25, -0.2) is 0 Å². The van der Waals surface area contributed by atoms with Crippen LogP contribution in [0.15, 0.2) is 16.6 Å². The summed E-state index contributed by atoms with van der Waals surface area (Å²) in [5, 5.41) is 4.74. The van der Waals surface area contributed by atoms with E-state index in [1.165, 1.54) is 32.1 Å². The van der Waals surface area contributed by atoms with Crippen molar-refractivity contribution in [1.29, 1.82) is 0 Å². The zero-order chi connectivity index (χ0) is 13.1. The fraction of sp³-hybridized carbons (Fsp3) is 0.571. The summed E-state index contributed by atoms with van der Waals surface area (Å²) in [7, 11) is 0. The van der Waals surface area contributed by atoms with Crippen LogP contribution >= 0.6 is 39.1 Å². The van der Waals surface area contributed by atoms with Crippen LogP contribution in [0.2, 0.25) is 10.0 Å². The van der Waals surface area contributed by atoms with E-state index < -0.39 is 0 Å². The molecule has 1 saturated carbocycles. The quantitative estimate of drug-likeness (QED) is 0.499. The Hall–Kier alpha value is 0.0800. The van der Waals surface area contributed by atoms with Gasteiger partial charge in [-0.2, -0.15) is 0 Å². The third-order valence-corrected chi connectivity index (χ3v) is 5.42. The number of halogens is 3. The zero-order valence-corrected chi connectivity index (χ0v) is 13.6. The third kappa shape index (κ3) is 3.55. The molecule has 1 aromatic rings. The van der Waals surface area contributed by atoms with E-state index in [1.807, 2.05) is 12.1 Å². The normalized spacial score (nSPS) is 24.7. The van der Waals surface area contributed by atoms with Crippen LogP contribution in [0.5, 0.6) is 0 Å². The first-order valence-electron chi connectivity index (χ1n) is 6.48. The van der Waals surface area contributed by atoms with Gasteiger partial charge in [-0.3, -0.25) is 0 Å². The largest absolute Gasteiger partial charge is 0.381 e. The van der Waals surface area contributed by atoms with Crippen molar-refractivity contribution in [3.8, 4) is 0 Å². The van der Waals surface area contributed by atoms with Crippen molar-refractivity contribution in [3.63, 3.8) is 0 Å². The summed E-state index contributed by atoms with van der Waals surface area (Å²) < 4.78 is 0.842. The molecule has 0 aromatic heterocycles. The molecule has 1 aromatic carbocycles. The molecule has 2 atom stereocenters. The molecule has 2 rings (SSSR count). The van der Waals surface area contributed by atoms with E-state index >= 15 is 0 Å². The average molecular weight is 351 g/mol. The standard InChI is InChI=1S/C14H18BrCl2N/c1-9-3-2-4-10(6-5-9)18-12-8-7-11(15)13(16)14(12)17/h7-10,18H,2-6H2,1H3. The molecule has 1 fully saturated rings. The van der Waals surface area contributed by atoms with Crippen molar-refractivity contribution in [2.45, 2.75) is 45.1 Å². The van der Waals surface area contributed by atoms with Gasteiger partial charge in [-0.05, 0) is 53.2 Å². The van der Waals surface area contributed by atoms with Crippen molar-refractivity contribution in [2.24, 2.45) is 5.92 Å². The van der Waals surface area contributed by atoms with Crippen LogP contribution in [0.3, 0.4) is 0 Å². The van der Waals surface area contributed by atoms with Gasteiger partial charge in [0.15, 0.2) is 0 Å². The van der Waals surface area contributed by atoms with Crippen LogP contribution in [0.25, 0.3) is 0 Å². The molecule has 4 heteroatoms. The highest BCUT2D eigenvalue weighted by atomic mass is 79.9. The second-order valence-electron chi connectivity index (χ2n) is 5.18. The SMILES string of the molecule is CC1CCCC(Nc2ccc(Br)c(Cl)c2Cl)CC1. The topological polar surface area (TPSA) is 12.0 Å². The van der Waals surface area contributed by atoms with Gasteiger partial charge < -0.3 is 5.32 Å². The van der Waals surface area contributed by atoms with Crippen LogP contribution in [-0.2, 0) is 0 Å². The fourth-order valence-electron chi connectivity index (χ4n) is 2.49. The lowest BCUT2D eigenvalue weighted by Gasteiger charge is -2.19. The van der Waals surface area contributed by atoms with E-state index in [1.54, 1.807) is 0 Å². The van der Waals surface area contributed by atoms with Gasteiger partial charge in [-0.1, -0.05) is 43.0 Å². The molecule has 0 spiro atoms. The molecular weight excluding hydrogens is 333 g/mol. The van der Waals surface area contributed by atoms with E-state index in [9.17, 15) is 0 Å². The van der Waals surface area contributed by atoms with E-state index in [0.29, 0.717) is 16.1 Å². The Balaban J connectivity index is 2.07. The molecule has 0 radical (unpaired) electrons. The Kier molecular flexibility index (Phi) is 5.23. The number of hydrogen-bond donors (Lipinski definition) is 1. The minimum absolute atomic E-state index is 0.518. The Morgan fingerprint density at radius 2 is 1.89 bits per heavy atom. The summed E-state index contributed by atoms with van der Waals surface area (Å²) in [5.74, 6) is 0.848. The minimum Gasteiger partial charge on any atom is -0.381 e. The highest BCUT2D eigenvalue weighted by molar-refractivity contribution is 9.10. The van der Waals surface area contributed by atoms with E-state index in [2.05, 4.69) is 28.2 Å². The lowest BCUT2D eigenvalue weighted by atomic mass is 10.0. The fourth-order valence-corrected chi connectivity index (χ4v) is 3.32. The summed E-state index contributed by atoms with van der Waals surface area (Å²) in [6.45, 7) is 2.34.